The molecule has 0 aromatic heterocycles. The minimum atomic E-state index is -0.181. The van der Waals surface area contributed by atoms with Crippen LogP contribution in [0.15, 0.2) is 12.7 Å². The molecule has 3 nitrogen and oxygen atoms in total. The van der Waals surface area contributed by atoms with Crippen LogP contribution in [0.3, 0.4) is 0 Å². The lowest BCUT2D eigenvalue weighted by atomic mass is 10.00. The summed E-state index contributed by atoms with van der Waals surface area (Å²) < 4.78 is 5.47. The van der Waals surface area contributed by atoms with E-state index >= 15 is 0 Å². The molecule has 12 heavy (non-hydrogen) atoms. The fourth-order valence-electron chi connectivity index (χ4n) is 1.63. The molecule has 0 aliphatic carbocycles. The normalized spacial score (nSPS) is 35.3. The van der Waals surface area contributed by atoms with Crippen molar-refractivity contribution in [2.24, 2.45) is 5.92 Å². The van der Waals surface area contributed by atoms with Crippen molar-refractivity contribution in [1.82, 2.24) is 0 Å². The van der Waals surface area contributed by atoms with E-state index in [1.54, 1.807) is 6.08 Å². The summed E-state index contributed by atoms with van der Waals surface area (Å²) >= 11 is 0. The van der Waals surface area contributed by atoms with Gasteiger partial charge >= 0.3 is 0 Å². The molecule has 0 radical (unpaired) electrons. The Morgan fingerprint density at radius 1 is 1.42 bits per heavy atom. The summed E-state index contributed by atoms with van der Waals surface area (Å²) in [6.07, 6.45) is 3.39. The average molecular weight is 172 g/mol. The van der Waals surface area contributed by atoms with Gasteiger partial charge in [0, 0.05) is 12.5 Å². The third kappa shape index (κ3) is 2.06. The molecule has 70 valence electrons. The Morgan fingerprint density at radius 3 is 2.58 bits per heavy atom. The molecule has 0 saturated carbocycles. The number of ether oxygens (including phenoxy) is 1. The van der Waals surface area contributed by atoms with Gasteiger partial charge in [-0.15, -0.1) is 6.58 Å². The highest BCUT2D eigenvalue weighted by Gasteiger charge is 2.33. The van der Waals surface area contributed by atoms with Crippen molar-refractivity contribution >= 4 is 0 Å². The Labute approximate surface area is 72.7 Å². The number of rotatable bonds is 4. The smallest absolute Gasteiger partial charge is 0.0860 e. The molecule has 2 N–H and O–H groups in total. The zero-order valence-electron chi connectivity index (χ0n) is 7.15. The largest absolute Gasteiger partial charge is 0.396 e. The highest BCUT2D eigenvalue weighted by Crippen LogP contribution is 2.27. The summed E-state index contributed by atoms with van der Waals surface area (Å²) in [7, 11) is 0. The predicted molar refractivity (Wildman–Crippen MR) is 45.8 cm³/mol. The maximum absolute atomic E-state index is 8.94. The molecule has 0 aromatic carbocycles. The topological polar surface area (TPSA) is 49.7 Å². The standard InChI is InChI=1S/C9H16O3/c1-2-3-8-4-7(5-10)9(6-11)12-8/h2,7-11H,1,3-6H2/t7-,8+,9-/m1/s1. The van der Waals surface area contributed by atoms with Gasteiger partial charge in [0.15, 0.2) is 0 Å². The number of hydrogen-bond donors (Lipinski definition) is 2. The van der Waals surface area contributed by atoms with Crippen molar-refractivity contribution in [2.45, 2.75) is 25.0 Å². The second-order valence-corrected chi connectivity index (χ2v) is 3.18. The summed E-state index contributed by atoms with van der Waals surface area (Å²) in [4.78, 5) is 0. The maximum Gasteiger partial charge on any atom is 0.0860 e. The van der Waals surface area contributed by atoms with E-state index in [2.05, 4.69) is 6.58 Å². The first-order chi connectivity index (χ1) is 5.81. The molecule has 1 heterocycles. The minimum Gasteiger partial charge on any atom is -0.396 e. The first-order valence-corrected chi connectivity index (χ1v) is 4.29. The van der Waals surface area contributed by atoms with Gasteiger partial charge in [-0.05, 0) is 12.8 Å². The Hall–Kier alpha value is -0.380. The van der Waals surface area contributed by atoms with Crippen molar-refractivity contribution in [3.05, 3.63) is 12.7 Å². The fraction of sp³-hybridized carbons (Fsp3) is 0.778. The Balaban J connectivity index is 2.41. The summed E-state index contributed by atoms with van der Waals surface area (Å²) in [6.45, 7) is 3.72. The number of aliphatic hydroxyl groups is 2. The van der Waals surface area contributed by atoms with Gasteiger partial charge < -0.3 is 14.9 Å². The maximum atomic E-state index is 8.94. The van der Waals surface area contributed by atoms with Crippen LogP contribution in [0.1, 0.15) is 12.8 Å². The molecular formula is C9H16O3. The first kappa shape index (κ1) is 9.71. The minimum absolute atomic E-state index is 0.00112. The van der Waals surface area contributed by atoms with Crippen LogP contribution in [-0.2, 0) is 4.74 Å². The van der Waals surface area contributed by atoms with E-state index in [-0.39, 0.29) is 31.3 Å². The van der Waals surface area contributed by atoms with Gasteiger partial charge in [-0.2, -0.15) is 0 Å². The quantitative estimate of drug-likeness (QED) is 0.600. The van der Waals surface area contributed by atoms with Crippen LogP contribution in [0.4, 0.5) is 0 Å². The molecule has 0 amide bonds. The molecule has 1 saturated heterocycles. The Morgan fingerprint density at radius 2 is 2.17 bits per heavy atom. The van der Waals surface area contributed by atoms with Crippen molar-refractivity contribution in [1.29, 1.82) is 0 Å². The summed E-state index contributed by atoms with van der Waals surface area (Å²) in [5, 5.41) is 17.8. The van der Waals surface area contributed by atoms with Crippen LogP contribution >= 0.6 is 0 Å². The van der Waals surface area contributed by atoms with Crippen LogP contribution in [0.25, 0.3) is 0 Å². The molecule has 1 rings (SSSR count). The van der Waals surface area contributed by atoms with E-state index in [0.29, 0.717) is 0 Å². The van der Waals surface area contributed by atoms with Gasteiger partial charge in [0.05, 0.1) is 18.8 Å². The molecule has 1 aliphatic heterocycles. The highest BCUT2D eigenvalue weighted by atomic mass is 16.5. The van der Waals surface area contributed by atoms with Crippen molar-refractivity contribution < 1.29 is 14.9 Å². The van der Waals surface area contributed by atoms with E-state index in [9.17, 15) is 0 Å². The molecule has 0 aromatic rings. The zero-order chi connectivity index (χ0) is 8.97. The van der Waals surface area contributed by atoms with Gasteiger partial charge in [-0.3, -0.25) is 0 Å². The van der Waals surface area contributed by atoms with E-state index in [4.69, 9.17) is 14.9 Å². The van der Waals surface area contributed by atoms with Crippen molar-refractivity contribution in [2.75, 3.05) is 13.2 Å². The number of hydrogen-bond acceptors (Lipinski definition) is 3. The molecule has 0 unspecified atom stereocenters. The second kappa shape index (κ2) is 4.60. The van der Waals surface area contributed by atoms with E-state index in [1.807, 2.05) is 0 Å². The van der Waals surface area contributed by atoms with Gasteiger partial charge in [-0.1, -0.05) is 6.08 Å². The molecule has 0 spiro atoms. The van der Waals surface area contributed by atoms with Gasteiger partial charge in [-0.25, -0.2) is 0 Å². The molecular weight excluding hydrogens is 156 g/mol. The Bertz CT molecular complexity index is 135. The van der Waals surface area contributed by atoms with Gasteiger partial charge in [0.1, 0.15) is 0 Å². The van der Waals surface area contributed by atoms with Crippen molar-refractivity contribution in [3.63, 3.8) is 0 Å². The van der Waals surface area contributed by atoms with Gasteiger partial charge in [0.25, 0.3) is 0 Å². The third-order valence-electron chi connectivity index (χ3n) is 2.30. The van der Waals surface area contributed by atoms with E-state index in [0.717, 1.165) is 12.8 Å². The average Bonchev–Trinajstić information content (AvgIpc) is 2.48. The summed E-state index contributed by atoms with van der Waals surface area (Å²) in [5.41, 5.74) is 0. The Kier molecular flexibility index (Phi) is 3.72. The number of aliphatic hydroxyl groups excluding tert-OH is 2. The first-order valence-electron chi connectivity index (χ1n) is 4.29. The molecule has 0 bridgehead atoms. The third-order valence-corrected chi connectivity index (χ3v) is 2.30. The van der Waals surface area contributed by atoms with Crippen LogP contribution in [0.5, 0.6) is 0 Å². The monoisotopic (exact) mass is 172 g/mol. The molecule has 3 heteroatoms. The van der Waals surface area contributed by atoms with Crippen LogP contribution in [0.2, 0.25) is 0 Å². The predicted octanol–water partition coefficient (Wildman–Crippen LogP) is 0.321. The lowest BCUT2D eigenvalue weighted by Crippen LogP contribution is -2.23. The molecule has 1 aliphatic rings. The summed E-state index contributed by atoms with van der Waals surface area (Å²) in [6, 6.07) is 0. The van der Waals surface area contributed by atoms with Crippen LogP contribution in [0, 0.1) is 5.92 Å². The lowest BCUT2D eigenvalue weighted by molar-refractivity contribution is -0.00596. The summed E-state index contributed by atoms with van der Waals surface area (Å²) in [5.74, 6) is 0.0972. The van der Waals surface area contributed by atoms with Crippen LogP contribution in [-0.4, -0.2) is 35.6 Å². The SMILES string of the molecule is C=CC[C@H]1C[C@H](CO)[C@@H](CO)O1. The van der Waals surface area contributed by atoms with E-state index in [1.165, 1.54) is 0 Å². The highest BCUT2D eigenvalue weighted by molar-refractivity contribution is 4.85. The second-order valence-electron chi connectivity index (χ2n) is 3.18. The molecule has 3 atom stereocenters. The van der Waals surface area contributed by atoms with Crippen LogP contribution < -0.4 is 0 Å². The lowest BCUT2D eigenvalue weighted by Gasteiger charge is -2.12. The van der Waals surface area contributed by atoms with Gasteiger partial charge in [0.2, 0.25) is 0 Å². The molecule has 1 fully saturated rings. The van der Waals surface area contributed by atoms with Crippen molar-refractivity contribution in [3.8, 4) is 0 Å². The zero-order valence-corrected chi connectivity index (χ0v) is 7.15. The fourth-order valence-corrected chi connectivity index (χ4v) is 1.63. The van der Waals surface area contributed by atoms with E-state index < -0.39 is 0 Å².